The number of rotatable bonds is 4. The number of carbonyl (C=O) groups is 1. The summed E-state index contributed by atoms with van der Waals surface area (Å²) in [5.74, 6) is -0.529. The van der Waals surface area contributed by atoms with Crippen LogP contribution >= 0.6 is 0 Å². The predicted octanol–water partition coefficient (Wildman–Crippen LogP) is -1.23. The molecule has 122 valence electrons. The molecule has 0 aliphatic carbocycles. The summed E-state index contributed by atoms with van der Waals surface area (Å²) in [5.41, 5.74) is 0.112. The molecule has 1 aromatic carbocycles. The third-order valence-corrected chi connectivity index (χ3v) is 3.45. The molecule has 5 N–H and O–H groups in total. The molecule has 5 unspecified atom stereocenters. The maximum atomic E-state index is 11.2. The van der Waals surface area contributed by atoms with E-state index in [1.54, 1.807) is 0 Å². The Balaban J connectivity index is 2.15. The van der Waals surface area contributed by atoms with Gasteiger partial charge in [0, 0.05) is 6.07 Å². The van der Waals surface area contributed by atoms with Crippen molar-refractivity contribution in [1.82, 2.24) is 0 Å². The molecule has 0 bridgehead atoms. The monoisotopic (exact) mass is 314 g/mol. The van der Waals surface area contributed by atoms with Gasteiger partial charge in [-0.2, -0.15) is 0 Å². The summed E-state index contributed by atoms with van der Waals surface area (Å²) < 4.78 is 10.5. The van der Waals surface area contributed by atoms with Gasteiger partial charge >= 0.3 is 0 Å². The van der Waals surface area contributed by atoms with E-state index in [1.807, 2.05) is 0 Å². The van der Waals surface area contributed by atoms with Gasteiger partial charge < -0.3 is 35.0 Å². The van der Waals surface area contributed by atoms with Crippen molar-refractivity contribution in [2.45, 2.75) is 37.6 Å². The first-order valence-electron chi connectivity index (χ1n) is 6.66. The Hall–Kier alpha value is -1.71. The Kier molecular flexibility index (Phi) is 4.99. The van der Waals surface area contributed by atoms with Gasteiger partial charge in [0.15, 0.2) is 5.78 Å². The van der Waals surface area contributed by atoms with Crippen LogP contribution in [0.4, 0.5) is 0 Å². The fourth-order valence-electron chi connectivity index (χ4n) is 2.18. The van der Waals surface area contributed by atoms with Crippen molar-refractivity contribution >= 4 is 5.78 Å². The van der Waals surface area contributed by atoms with Crippen LogP contribution in [0.5, 0.6) is 11.5 Å². The van der Waals surface area contributed by atoms with Crippen molar-refractivity contribution in [3.05, 3.63) is 23.8 Å². The quantitative estimate of drug-likeness (QED) is 0.436. The lowest BCUT2D eigenvalue weighted by atomic mass is 9.99. The number of benzene rings is 1. The van der Waals surface area contributed by atoms with Gasteiger partial charge in [0.1, 0.15) is 35.9 Å². The van der Waals surface area contributed by atoms with Crippen molar-refractivity contribution in [1.29, 1.82) is 0 Å². The van der Waals surface area contributed by atoms with Gasteiger partial charge in [0.25, 0.3) is 0 Å². The second kappa shape index (κ2) is 6.59. The lowest BCUT2D eigenvalue weighted by Crippen LogP contribution is -2.60. The molecule has 0 spiro atoms. The average molecular weight is 314 g/mol. The minimum Gasteiger partial charge on any atom is -0.507 e. The first-order valence-corrected chi connectivity index (χ1v) is 6.66. The molecule has 1 aromatic rings. The van der Waals surface area contributed by atoms with E-state index in [2.05, 4.69) is 0 Å². The fourth-order valence-corrected chi connectivity index (χ4v) is 2.18. The molecule has 1 aliphatic heterocycles. The summed E-state index contributed by atoms with van der Waals surface area (Å²) in [4.78, 5) is 11.2. The van der Waals surface area contributed by atoms with E-state index in [4.69, 9.17) is 14.6 Å². The summed E-state index contributed by atoms with van der Waals surface area (Å²) in [6, 6.07) is 3.90. The Morgan fingerprint density at radius 3 is 2.45 bits per heavy atom. The van der Waals surface area contributed by atoms with Gasteiger partial charge in [0.05, 0.1) is 12.2 Å². The van der Waals surface area contributed by atoms with Gasteiger partial charge in [-0.05, 0) is 19.1 Å². The second-order valence-corrected chi connectivity index (χ2v) is 5.05. The molecule has 2 rings (SSSR count). The summed E-state index contributed by atoms with van der Waals surface area (Å²) in [7, 11) is 0. The number of phenols is 1. The molecule has 1 aliphatic rings. The maximum Gasteiger partial charge on any atom is 0.229 e. The van der Waals surface area contributed by atoms with E-state index in [-0.39, 0.29) is 22.8 Å². The highest BCUT2D eigenvalue weighted by atomic mass is 16.7. The van der Waals surface area contributed by atoms with Crippen LogP contribution < -0.4 is 4.74 Å². The molecule has 0 radical (unpaired) electrons. The standard InChI is InChI=1S/C14H18O8/c1-6(16)8-3-2-7(4-9(8)17)21-14-13(20)12(19)11(18)10(5-15)22-14/h2-4,10-15,17-20H,5H2,1H3. The summed E-state index contributed by atoms with van der Waals surface area (Å²) in [6.45, 7) is 0.729. The predicted molar refractivity (Wildman–Crippen MR) is 72.5 cm³/mol. The van der Waals surface area contributed by atoms with E-state index in [9.17, 15) is 25.2 Å². The average Bonchev–Trinajstić information content (AvgIpc) is 2.47. The highest BCUT2D eigenvalue weighted by Gasteiger charge is 2.44. The summed E-state index contributed by atoms with van der Waals surface area (Å²) in [5, 5.41) is 47.9. The van der Waals surface area contributed by atoms with E-state index >= 15 is 0 Å². The molecule has 1 heterocycles. The molecule has 8 heteroatoms. The van der Waals surface area contributed by atoms with Crippen LogP contribution in [-0.4, -0.2) is 68.6 Å². The number of aromatic hydroxyl groups is 1. The summed E-state index contributed by atoms with van der Waals surface area (Å²) in [6.07, 6.45) is -7.02. The van der Waals surface area contributed by atoms with Crippen molar-refractivity contribution in [3.63, 3.8) is 0 Å². The third-order valence-electron chi connectivity index (χ3n) is 3.45. The number of ether oxygens (including phenoxy) is 2. The topological polar surface area (TPSA) is 137 Å². The number of carbonyl (C=O) groups excluding carboxylic acids is 1. The number of hydrogen-bond acceptors (Lipinski definition) is 8. The molecule has 1 saturated heterocycles. The Morgan fingerprint density at radius 2 is 1.91 bits per heavy atom. The molecular formula is C14H18O8. The van der Waals surface area contributed by atoms with Crippen molar-refractivity contribution < 1.29 is 39.8 Å². The minimum atomic E-state index is -1.55. The highest BCUT2D eigenvalue weighted by Crippen LogP contribution is 2.28. The molecular weight excluding hydrogens is 296 g/mol. The zero-order valence-corrected chi connectivity index (χ0v) is 11.8. The van der Waals surface area contributed by atoms with Gasteiger partial charge in [-0.15, -0.1) is 0 Å². The zero-order valence-electron chi connectivity index (χ0n) is 11.8. The second-order valence-electron chi connectivity index (χ2n) is 5.05. The molecule has 0 saturated carbocycles. The van der Waals surface area contributed by atoms with Crippen LogP contribution in [0.25, 0.3) is 0 Å². The lowest BCUT2D eigenvalue weighted by molar-refractivity contribution is -0.277. The molecule has 1 fully saturated rings. The van der Waals surface area contributed by atoms with Crippen LogP contribution in [0.3, 0.4) is 0 Å². The number of aliphatic hydroxyl groups is 4. The Labute approximate surface area is 126 Å². The molecule has 22 heavy (non-hydrogen) atoms. The Bertz CT molecular complexity index is 544. The third kappa shape index (κ3) is 3.21. The largest absolute Gasteiger partial charge is 0.507 e. The van der Waals surface area contributed by atoms with Gasteiger partial charge in [-0.1, -0.05) is 0 Å². The van der Waals surface area contributed by atoms with Gasteiger partial charge in [0.2, 0.25) is 6.29 Å². The maximum absolute atomic E-state index is 11.2. The zero-order chi connectivity index (χ0) is 16.4. The molecule has 8 nitrogen and oxygen atoms in total. The van der Waals surface area contributed by atoms with Crippen molar-refractivity contribution in [2.24, 2.45) is 0 Å². The summed E-state index contributed by atoms with van der Waals surface area (Å²) >= 11 is 0. The van der Waals surface area contributed by atoms with E-state index in [0.717, 1.165) is 6.07 Å². The lowest BCUT2D eigenvalue weighted by Gasteiger charge is -2.39. The van der Waals surface area contributed by atoms with E-state index < -0.39 is 37.3 Å². The minimum absolute atomic E-state index is 0.0897. The Morgan fingerprint density at radius 1 is 1.23 bits per heavy atom. The fraction of sp³-hybridized carbons (Fsp3) is 0.500. The first-order chi connectivity index (χ1) is 10.3. The van der Waals surface area contributed by atoms with Crippen LogP contribution in [0, 0.1) is 0 Å². The number of aliphatic hydroxyl groups excluding tert-OH is 4. The highest BCUT2D eigenvalue weighted by molar-refractivity contribution is 5.96. The van der Waals surface area contributed by atoms with E-state index in [1.165, 1.54) is 19.1 Å². The number of Topliss-reactive ketones (excluding diaryl/α,β-unsaturated/α-hetero) is 1. The van der Waals surface area contributed by atoms with E-state index in [0.29, 0.717) is 0 Å². The number of phenolic OH excluding ortho intramolecular Hbond substituents is 1. The number of ketones is 1. The molecule has 5 atom stereocenters. The SMILES string of the molecule is CC(=O)c1ccc(OC2OC(CO)C(O)C(O)C2O)cc1O. The normalized spacial score (nSPS) is 31.8. The van der Waals surface area contributed by atoms with Crippen LogP contribution in [0.1, 0.15) is 17.3 Å². The first kappa shape index (κ1) is 16.7. The molecule has 0 aromatic heterocycles. The van der Waals surface area contributed by atoms with Crippen molar-refractivity contribution in [3.8, 4) is 11.5 Å². The van der Waals surface area contributed by atoms with Crippen LogP contribution in [-0.2, 0) is 4.74 Å². The van der Waals surface area contributed by atoms with Gasteiger partial charge in [-0.3, -0.25) is 4.79 Å². The number of hydrogen-bond donors (Lipinski definition) is 5. The smallest absolute Gasteiger partial charge is 0.229 e. The van der Waals surface area contributed by atoms with Gasteiger partial charge in [-0.25, -0.2) is 0 Å². The van der Waals surface area contributed by atoms with Crippen molar-refractivity contribution in [2.75, 3.05) is 6.61 Å². The van der Waals surface area contributed by atoms with Crippen LogP contribution in [0.2, 0.25) is 0 Å². The molecule has 0 amide bonds. The van der Waals surface area contributed by atoms with Crippen LogP contribution in [0.15, 0.2) is 18.2 Å².